The van der Waals surface area contributed by atoms with Crippen LogP contribution in [-0.4, -0.2) is 33.7 Å². The number of likely N-dealkylation sites (tertiary alicyclic amines) is 1. The third-order valence-corrected chi connectivity index (χ3v) is 4.84. The first kappa shape index (κ1) is 18.5. The van der Waals surface area contributed by atoms with E-state index in [1.54, 1.807) is 4.90 Å². The smallest absolute Gasteiger partial charge is 0.277 e. The van der Waals surface area contributed by atoms with Gasteiger partial charge in [-0.2, -0.15) is 0 Å². The maximum Gasteiger partial charge on any atom is 0.277 e. The molecular weight excluding hydrogens is 350 g/mol. The first-order valence-electron chi connectivity index (χ1n) is 8.71. The van der Waals surface area contributed by atoms with E-state index in [0.717, 1.165) is 37.5 Å². The topological polar surface area (TPSA) is 107 Å². The Morgan fingerprint density at radius 1 is 0.963 bits per heavy atom. The van der Waals surface area contributed by atoms with Crippen LogP contribution in [0.4, 0.5) is 11.4 Å². The number of nitro benzene ring substituents is 2. The predicted octanol–water partition coefficient (Wildman–Crippen LogP) is 3.60. The number of piperidine rings is 1. The van der Waals surface area contributed by atoms with E-state index < -0.39 is 27.1 Å². The van der Waals surface area contributed by atoms with Gasteiger partial charge in [0.2, 0.25) is 0 Å². The van der Waals surface area contributed by atoms with Crippen molar-refractivity contribution in [3.05, 3.63) is 79.9 Å². The first-order valence-corrected chi connectivity index (χ1v) is 8.71. The van der Waals surface area contributed by atoms with Crippen molar-refractivity contribution < 1.29 is 14.6 Å². The third kappa shape index (κ3) is 4.46. The quantitative estimate of drug-likeness (QED) is 0.591. The van der Waals surface area contributed by atoms with Gasteiger partial charge >= 0.3 is 0 Å². The molecule has 0 aromatic heterocycles. The van der Waals surface area contributed by atoms with Crippen molar-refractivity contribution >= 4 is 17.3 Å². The highest BCUT2D eigenvalue weighted by molar-refractivity contribution is 5.95. The minimum absolute atomic E-state index is 0.0163. The largest absolute Gasteiger partial charge is 0.339 e. The summed E-state index contributed by atoms with van der Waals surface area (Å²) in [6, 6.07) is 13.2. The lowest BCUT2D eigenvalue weighted by Crippen LogP contribution is -2.39. The van der Waals surface area contributed by atoms with Gasteiger partial charge in [-0.15, -0.1) is 0 Å². The molecule has 1 heterocycles. The summed E-state index contributed by atoms with van der Waals surface area (Å²) >= 11 is 0. The fourth-order valence-electron chi connectivity index (χ4n) is 3.40. The Balaban J connectivity index is 1.68. The van der Waals surface area contributed by atoms with Crippen molar-refractivity contribution in [1.29, 1.82) is 0 Å². The second-order valence-corrected chi connectivity index (χ2v) is 6.68. The summed E-state index contributed by atoms with van der Waals surface area (Å²) in [4.78, 5) is 34.9. The van der Waals surface area contributed by atoms with Gasteiger partial charge in [0.25, 0.3) is 17.3 Å². The summed E-state index contributed by atoms with van der Waals surface area (Å²) in [5.41, 5.74) is 0.340. The molecular formula is C19H19N3O5. The second kappa shape index (κ2) is 7.94. The number of carbonyl (C=O) groups is 1. The average molecular weight is 369 g/mol. The summed E-state index contributed by atoms with van der Waals surface area (Å²) < 4.78 is 0. The van der Waals surface area contributed by atoms with Gasteiger partial charge in [-0.25, -0.2) is 0 Å². The minimum Gasteiger partial charge on any atom is -0.339 e. The fraction of sp³-hybridized carbons (Fsp3) is 0.316. The second-order valence-electron chi connectivity index (χ2n) is 6.68. The lowest BCUT2D eigenvalue weighted by Gasteiger charge is -2.32. The fourth-order valence-corrected chi connectivity index (χ4v) is 3.40. The van der Waals surface area contributed by atoms with E-state index in [4.69, 9.17) is 0 Å². The molecule has 0 N–H and O–H groups in total. The van der Waals surface area contributed by atoms with E-state index in [-0.39, 0.29) is 5.56 Å². The summed E-state index contributed by atoms with van der Waals surface area (Å²) in [5.74, 6) is 0.0656. The molecule has 1 aliphatic rings. The van der Waals surface area contributed by atoms with E-state index in [1.165, 1.54) is 5.56 Å². The Morgan fingerprint density at radius 3 is 2.04 bits per heavy atom. The van der Waals surface area contributed by atoms with Crippen LogP contribution in [-0.2, 0) is 6.42 Å². The highest BCUT2D eigenvalue weighted by Gasteiger charge is 2.26. The molecule has 0 aliphatic carbocycles. The predicted molar refractivity (Wildman–Crippen MR) is 98.5 cm³/mol. The summed E-state index contributed by atoms with van der Waals surface area (Å²) in [6.45, 7) is 1.07. The van der Waals surface area contributed by atoms with Gasteiger partial charge in [-0.05, 0) is 30.7 Å². The molecule has 0 bridgehead atoms. The highest BCUT2D eigenvalue weighted by Crippen LogP contribution is 2.26. The van der Waals surface area contributed by atoms with E-state index in [2.05, 4.69) is 12.1 Å². The van der Waals surface area contributed by atoms with Gasteiger partial charge in [-0.3, -0.25) is 25.0 Å². The van der Waals surface area contributed by atoms with Crippen LogP contribution in [0.5, 0.6) is 0 Å². The number of nitro groups is 2. The molecule has 0 saturated carbocycles. The van der Waals surface area contributed by atoms with E-state index in [9.17, 15) is 25.0 Å². The van der Waals surface area contributed by atoms with Crippen LogP contribution in [0.3, 0.4) is 0 Å². The monoisotopic (exact) mass is 369 g/mol. The molecule has 1 saturated heterocycles. The molecule has 2 aromatic rings. The SMILES string of the molecule is O=C(c1cc([N+](=O)[O-])cc([N+](=O)[O-])c1)N1CCC(Cc2ccccc2)CC1. The molecule has 3 rings (SSSR count). The Bertz CT molecular complexity index is 829. The van der Waals surface area contributed by atoms with Gasteiger partial charge in [0.05, 0.1) is 21.5 Å². The van der Waals surface area contributed by atoms with E-state index in [0.29, 0.717) is 19.0 Å². The van der Waals surface area contributed by atoms with Crippen LogP contribution in [0.2, 0.25) is 0 Å². The molecule has 1 amide bonds. The molecule has 27 heavy (non-hydrogen) atoms. The molecule has 0 radical (unpaired) electrons. The summed E-state index contributed by atoms with van der Waals surface area (Å²) in [5, 5.41) is 22.0. The van der Waals surface area contributed by atoms with Crippen LogP contribution >= 0.6 is 0 Å². The van der Waals surface area contributed by atoms with Gasteiger partial charge in [0.1, 0.15) is 0 Å². The van der Waals surface area contributed by atoms with Crippen molar-refractivity contribution in [1.82, 2.24) is 4.90 Å². The molecule has 0 atom stereocenters. The first-order chi connectivity index (χ1) is 12.9. The molecule has 1 aliphatic heterocycles. The average Bonchev–Trinajstić information content (AvgIpc) is 2.68. The van der Waals surface area contributed by atoms with Gasteiger partial charge in [0, 0.05) is 25.2 Å². The number of non-ortho nitro benzene ring substituents is 2. The lowest BCUT2D eigenvalue weighted by molar-refractivity contribution is -0.394. The molecule has 0 unspecified atom stereocenters. The summed E-state index contributed by atoms with van der Waals surface area (Å²) in [7, 11) is 0. The lowest BCUT2D eigenvalue weighted by atomic mass is 9.90. The molecule has 8 heteroatoms. The molecule has 140 valence electrons. The van der Waals surface area contributed by atoms with Crippen molar-refractivity contribution in [2.75, 3.05) is 13.1 Å². The normalized spacial score (nSPS) is 14.7. The highest BCUT2D eigenvalue weighted by atomic mass is 16.6. The number of hydrogen-bond donors (Lipinski definition) is 0. The molecule has 8 nitrogen and oxygen atoms in total. The number of hydrogen-bond acceptors (Lipinski definition) is 5. The van der Waals surface area contributed by atoms with Crippen molar-refractivity contribution in [3.63, 3.8) is 0 Å². The molecule has 0 spiro atoms. The Hall–Kier alpha value is -3.29. The summed E-state index contributed by atoms with van der Waals surface area (Å²) in [6.07, 6.45) is 2.61. The van der Waals surface area contributed by atoms with Crippen molar-refractivity contribution in [2.24, 2.45) is 5.92 Å². The van der Waals surface area contributed by atoms with E-state index in [1.807, 2.05) is 18.2 Å². The Morgan fingerprint density at radius 2 is 1.52 bits per heavy atom. The van der Waals surface area contributed by atoms with Gasteiger partial charge in [0.15, 0.2) is 0 Å². The van der Waals surface area contributed by atoms with Crippen molar-refractivity contribution in [2.45, 2.75) is 19.3 Å². The number of rotatable bonds is 5. The third-order valence-electron chi connectivity index (χ3n) is 4.84. The Kier molecular flexibility index (Phi) is 5.44. The van der Waals surface area contributed by atoms with Crippen molar-refractivity contribution in [3.8, 4) is 0 Å². The minimum atomic E-state index is -0.726. The van der Waals surface area contributed by atoms with Crippen LogP contribution in [0.1, 0.15) is 28.8 Å². The number of carbonyl (C=O) groups excluding carboxylic acids is 1. The van der Waals surface area contributed by atoms with Crippen LogP contribution in [0.25, 0.3) is 0 Å². The molecule has 1 fully saturated rings. The van der Waals surface area contributed by atoms with Crippen LogP contribution in [0, 0.1) is 26.1 Å². The number of benzene rings is 2. The standard InChI is InChI=1S/C19H19N3O5/c23-19(16-11-17(21(24)25)13-18(12-16)22(26)27)20-8-6-15(7-9-20)10-14-4-2-1-3-5-14/h1-5,11-13,15H,6-10H2. The van der Waals surface area contributed by atoms with Gasteiger partial charge < -0.3 is 4.90 Å². The Labute approximate surface area is 155 Å². The van der Waals surface area contributed by atoms with Crippen LogP contribution in [0.15, 0.2) is 48.5 Å². The van der Waals surface area contributed by atoms with Gasteiger partial charge in [-0.1, -0.05) is 30.3 Å². The number of amides is 1. The number of nitrogens with zero attached hydrogens (tertiary/aromatic N) is 3. The zero-order chi connectivity index (χ0) is 19.4. The van der Waals surface area contributed by atoms with Crippen LogP contribution < -0.4 is 0 Å². The zero-order valence-corrected chi connectivity index (χ0v) is 14.6. The maximum absolute atomic E-state index is 12.7. The van der Waals surface area contributed by atoms with E-state index >= 15 is 0 Å². The zero-order valence-electron chi connectivity index (χ0n) is 14.6. The molecule has 2 aromatic carbocycles. The maximum atomic E-state index is 12.7.